The molecule has 1 rings (SSSR count). The van der Waals surface area contributed by atoms with Crippen LogP contribution in [0.5, 0.6) is 0 Å². The lowest BCUT2D eigenvalue weighted by molar-refractivity contribution is 0.0836. The Morgan fingerprint density at radius 1 is 1.41 bits per heavy atom. The highest BCUT2D eigenvalue weighted by atomic mass is 16.6. The number of hydrogen-bond donors (Lipinski definition) is 1. The van der Waals surface area contributed by atoms with Crippen molar-refractivity contribution in [1.82, 2.24) is 4.90 Å². The molecular weight excluding hydrogens is 218 g/mol. The number of aliphatic hydroxyl groups excluding tert-OH is 1. The van der Waals surface area contributed by atoms with Gasteiger partial charge in [-0.3, -0.25) is 0 Å². The molecule has 0 spiro atoms. The molecule has 1 aromatic rings. The monoisotopic (exact) mass is 237 g/mol. The molecule has 0 aliphatic rings. The first-order valence-electron chi connectivity index (χ1n) is 5.76. The van der Waals surface area contributed by atoms with Gasteiger partial charge >= 0.3 is 6.09 Å². The zero-order valence-corrected chi connectivity index (χ0v) is 10.3. The number of ether oxygens (including phenoxy) is 1. The Morgan fingerprint density at radius 2 is 2.12 bits per heavy atom. The van der Waals surface area contributed by atoms with Gasteiger partial charge in [-0.25, -0.2) is 4.79 Å². The lowest BCUT2D eigenvalue weighted by Crippen LogP contribution is -2.31. The van der Waals surface area contributed by atoms with Crippen molar-refractivity contribution in [3.63, 3.8) is 0 Å². The van der Waals surface area contributed by atoms with Crippen LogP contribution in [0.3, 0.4) is 0 Å². The summed E-state index contributed by atoms with van der Waals surface area (Å²) in [6.07, 6.45) is -0.384. The lowest BCUT2D eigenvalue weighted by Gasteiger charge is -2.21. The van der Waals surface area contributed by atoms with E-state index in [4.69, 9.17) is 9.84 Å². The van der Waals surface area contributed by atoms with E-state index in [1.807, 2.05) is 38.1 Å². The van der Waals surface area contributed by atoms with Gasteiger partial charge in [0.25, 0.3) is 0 Å². The van der Waals surface area contributed by atoms with E-state index in [2.05, 4.69) is 0 Å². The first kappa shape index (κ1) is 13.5. The van der Waals surface area contributed by atoms with E-state index in [9.17, 15) is 4.79 Å². The molecule has 0 bridgehead atoms. The third kappa shape index (κ3) is 4.07. The summed E-state index contributed by atoms with van der Waals surface area (Å²) in [5, 5.41) is 8.61. The maximum atomic E-state index is 11.6. The van der Waals surface area contributed by atoms with E-state index in [-0.39, 0.29) is 19.3 Å². The molecule has 0 radical (unpaired) electrons. The Kier molecular flexibility index (Phi) is 5.49. The molecule has 0 heterocycles. The van der Waals surface area contributed by atoms with Crippen molar-refractivity contribution in [1.29, 1.82) is 0 Å². The minimum absolute atomic E-state index is 0.0447. The second kappa shape index (κ2) is 6.91. The second-order valence-electron chi connectivity index (χ2n) is 3.78. The summed E-state index contributed by atoms with van der Waals surface area (Å²) in [4.78, 5) is 13.3. The van der Waals surface area contributed by atoms with Crippen LogP contribution in [0.4, 0.5) is 4.79 Å². The normalized spacial score (nSPS) is 10.1. The number of nitrogens with zero attached hydrogens (tertiary/aromatic N) is 1. The van der Waals surface area contributed by atoms with Gasteiger partial charge in [-0.15, -0.1) is 0 Å². The minimum atomic E-state index is -0.384. The number of amides is 1. The van der Waals surface area contributed by atoms with Crippen molar-refractivity contribution in [2.24, 2.45) is 0 Å². The molecule has 0 aromatic heterocycles. The van der Waals surface area contributed by atoms with E-state index in [0.717, 1.165) is 11.1 Å². The number of rotatable bonds is 5. The lowest BCUT2D eigenvalue weighted by atomic mass is 10.1. The van der Waals surface area contributed by atoms with Crippen molar-refractivity contribution in [3.8, 4) is 0 Å². The molecule has 17 heavy (non-hydrogen) atoms. The maximum absolute atomic E-state index is 11.6. The van der Waals surface area contributed by atoms with Gasteiger partial charge in [-0.05, 0) is 25.0 Å². The summed E-state index contributed by atoms with van der Waals surface area (Å²) in [5.41, 5.74) is 2.26. The predicted molar refractivity (Wildman–Crippen MR) is 65.7 cm³/mol. The second-order valence-corrected chi connectivity index (χ2v) is 3.78. The summed E-state index contributed by atoms with van der Waals surface area (Å²) >= 11 is 0. The van der Waals surface area contributed by atoms with Crippen LogP contribution < -0.4 is 0 Å². The zero-order chi connectivity index (χ0) is 12.7. The van der Waals surface area contributed by atoms with Crippen LogP contribution in [0.1, 0.15) is 18.1 Å². The molecule has 0 saturated carbocycles. The van der Waals surface area contributed by atoms with Crippen LogP contribution in [-0.2, 0) is 11.3 Å². The highest BCUT2D eigenvalue weighted by Gasteiger charge is 2.13. The summed E-state index contributed by atoms with van der Waals surface area (Å²) in [6, 6.07) is 7.94. The number of benzene rings is 1. The topological polar surface area (TPSA) is 49.8 Å². The average molecular weight is 237 g/mol. The molecule has 1 N–H and O–H groups in total. The SMILES string of the molecule is CCN(Cc1ccccc1C)C(=O)OCCO. The van der Waals surface area contributed by atoms with Crippen molar-refractivity contribution in [2.45, 2.75) is 20.4 Å². The highest BCUT2D eigenvalue weighted by molar-refractivity contribution is 5.67. The Morgan fingerprint density at radius 3 is 2.71 bits per heavy atom. The van der Waals surface area contributed by atoms with E-state index in [1.54, 1.807) is 4.90 Å². The Balaban J connectivity index is 2.63. The fourth-order valence-electron chi connectivity index (χ4n) is 1.52. The third-order valence-corrected chi connectivity index (χ3v) is 2.58. The van der Waals surface area contributed by atoms with Crippen molar-refractivity contribution >= 4 is 6.09 Å². The number of hydrogen-bond acceptors (Lipinski definition) is 3. The number of carbonyl (C=O) groups excluding carboxylic acids is 1. The van der Waals surface area contributed by atoms with Crippen LogP contribution in [0, 0.1) is 6.92 Å². The number of aryl methyl sites for hydroxylation is 1. The van der Waals surface area contributed by atoms with Gasteiger partial charge < -0.3 is 14.7 Å². The largest absolute Gasteiger partial charge is 0.447 e. The van der Waals surface area contributed by atoms with Crippen LogP contribution >= 0.6 is 0 Å². The van der Waals surface area contributed by atoms with Crippen molar-refractivity contribution < 1.29 is 14.6 Å². The molecule has 4 heteroatoms. The Hall–Kier alpha value is -1.55. The molecule has 1 amide bonds. The van der Waals surface area contributed by atoms with E-state index >= 15 is 0 Å². The van der Waals surface area contributed by atoms with E-state index < -0.39 is 0 Å². The molecule has 0 unspecified atom stereocenters. The fourth-order valence-corrected chi connectivity index (χ4v) is 1.52. The first-order chi connectivity index (χ1) is 8.19. The molecule has 0 aliphatic heterocycles. The van der Waals surface area contributed by atoms with Gasteiger partial charge in [0, 0.05) is 13.1 Å². The summed E-state index contributed by atoms with van der Waals surface area (Å²) in [6.45, 7) is 4.93. The standard InChI is InChI=1S/C13H19NO3/c1-3-14(13(16)17-9-8-15)10-12-7-5-4-6-11(12)2/h4-7,15H,3,8-10H2,1-2H3. The Bertz CT molecular complexity index is 365. The van der Waals surface area contributed by atoms with E-state index in [1.165, 1.54) is 0 Å². The average Bonchev–Trinajstić information content (AvgIpc) is 2.35. The first-order valence-corrected chi connectivity index (χ1v) is 5.76. The summed E-state index contributed by atoms with van der Waals surface area (Å²) < 4.78 is 4.89. The van der Waals surface area contributed by atoms with Gasteiger partial charge in [0.05, 0.1) is 6.61 Å². The fraction of sp³-hybridized carbons (Fsp3) is 0.462. The van der Waals surface area contributed by atoms with Gasteiger partial charge in [0.2, 0.25) is 0 Å². The molecular formula is C13H19NO3. The number of aliphatic hydroxyl groups is 1. The molecule has 0 atom stereocenters. The maximum Gasteiger partial charge on any atom is 0.410 e. The Labute approximate surface area is 102 Å². The van der Waals surface area contributed by atoms with Crippen LogP contribution in [-0.4, -0.2) is 35.9 Å². The van der Waals surface area contributed by atoms with Gasteiger partial charge in [-0.2, -0.15) is 0 Å². The predicted octanol–water partition coefficient (Wildman–Crippen LogP) is 1.95. The third-order valence-electron chi connectivity index (χ3n) is 2.58. The molecule has 0 saturated heterocycles. The van der Waals surface area contributed by atoms with Gasteiger partial charge in [-0.1, -0.05) is 24.3 Å². The molecule has 4 nitrogen and oxygen atoms in total. The van der Waals surface area contributed by atoms with Crippen LogP contribution in [0.2, 0.25) is 0 Å². The minimum Gasteiger partial charge on any atom is -0.447 e. The highest BCUT2D eigenvalue weighted by Crippen LogP contribution is 2.11. The zero-order valence-electron chi connectivity index (χ0n) is 10.3. The molecule has 0 aliphatic carbocycles. The quantitative estimate of drug-likeness (QED) is 0.851. The number of carbonyl (C=O) groups is 1. The van der Waals surface area contributed by atoms with Crippen LogP contribution in [0.15, 0.2) is 24.3 Å². The molecule has 1 aromatic carbocycles. The molecule has 94 valence electrons. The molecule has 0 fully saturated rings. The van der Waals surface area contributed by atoms with Gasteiger partial charge in [0.1, 0.15) is 6.61 Å². The van der Waals surface area contributed by atoms with E-state index in [0.29, 0.717) is 13.1 Å². The van der Waals surface area contributed by atoms with Crippen molar-refractivity contribution in [3.05, 3.63) is 35.4 Å². The van der Waals surface area contributed by atoms with Crippen LogP contribution in [0.25, 0.3) is 0 Å². The smallest absolute Gasteiger partial charge is 0.410 e. The summed E-state index contributed by atoms with van der Waals surface area (Å²) in [5.74, 6) is 0. The van der Waals surface area contributed by atoms with Gasteiger partial charge in [0.15, 0.2) is 0 Å². The summed E-state index contributed by atoms with van der Waals surface area (Å²) in [7, 11) is 0. The van der Waals surface area contributed by atoms with Crippen molar-refractivity contribution in [2.75, 3.05) is 19.8 Å².